The van der Waals surface area contributed by atoms with E-state index >= 15 is 0 Å². The Morgan fingerprint density at radius 3 is 2.47 bits per heavy atom. The van der Waals surface area contributed by atoms with Gasteiger partial charge in [0.25, 0.3) is 5.91 Å². The minimum absolute atomic E-state index is 0.280. The second-order valence-electron chi connectivity index (χ2n) is 4.19. The van der Waals surface area contributed by atoms with Crippen molar-refractivity contribution in [2.45, 2.75) is 18.4 Å². The Balaban J connectivity index is 2.17. The monoisotopic (exact) mass is 411 g/mol. The maximum atomic E-state index is 12.1. The number of hydrogen-bond acceptors (Lipinski definition) is 4. The Morgan fingerprint density at radius 1 is 1.37 bits per heavy atom. The van der Waals surface area contributed by atoms with Gasteiger partial charge in [0, 0.05) is 30.5 Å². The maximum Gasteiger partial charge on any atom is 0.329 e. The van der Waals surface area contributed by atoms with Crippen LogP contribution in [0.1, 0.15) is 22.5 Å². The fourth-order valence-electron chi connectivity index (χ4n) is 1.85. The smallest absolute Gasteiger partial charge is 0.329 e. The van der Waals surface area contributed by atoms with Gasteiger partial charge in [-0.3, -0.25) is 4.79 Å². The number of aliphatic carboxylic acids is 1. The molecule has 0 aromatic carbocycles. The summed E-state index contributed by atoms with van der Waals surface area (Å²) in [5, 5.41) is 12.0. The van der Waals surface area contributed by atoms with Crippen molar-refractivity contribution in [1.82, 2.24) is 5.32 Å². The number of amides is 1. The van der Waals surface area contributed by atoms with Crippen LogP contribution in [0.15, 0.2) is 14.3 Å². The Bertz CT molecular complexity index is 491. The molecule has 2 N–H and O–H groups in total. The minimum atomic E-state index is -1.22. The zero-order valence-corrected chi connectivity index (χ0v) is 13.7. The molecule has 1 aliphatic rings. The molecule has 0 spiro atoms. The molecule has 1 fully saturated rings. The lowest BCUT2D eigenvalue weighted by Gasteiger charge is -2.33. The van der Waals surface area contributed by atoms with Crippen LogP contribution in [0, 0.1) is 0 Å². The lowest BCUT2D eigenvalue weighted by atomic mass is 9.90. The number of carbonyl (C=O) groups excluding carboxylic acids is 1. The molecule has 0 aliphatic carbocycles. The molecule has 2 heterocycles. The molecule has 1 amide bonds. The van der Waals surface area contributed by atoms with Crippen molar-refractivity contribution in [2.75, 3.05) is 13.2 Å². The Kier molecular flexibility index (Phi) is 4.65. The normalized spacial score (nSPS) is 18.0. The number of hydrogen-bond donors (Lipinski definition) is 2. The van der Waals surface area contributed by atoms with Crippen molar-refractivity contribution in [3.8, 4) is 0 Å². The first-order valence-electron chi connectivity index (χ1n) is 5.53. The summed E-state index contributed by atoms with van der Waals surface area (Å²) in [5.74, 6) is -1.39. The van der Waals surface area contributed by atoms with E-state index in [0.29, 0.717) is 18.1 Å². The highest BCUT2D eigenvalue weighted by Gasteiger charge is 2.42. The average Bonchev–Trinajstić information content (AvgIpc) is 2.71. The highest BCUT2D eigenvalue weighted by Crippen LogP contribution is 2.33. The molecule has 1 aliphatic heterocycles. The number of thiophene rings is 1. The van der Waals surface area contributed by atoms with Crippen LogP contribution in [0.25, 0.3) is 0 Å². The summed E-state index contributed by atoms with van der Waals surface area (Å²) in [6.07, 6.45) is 0.559. The Morgan fingerprint density at radius 2 is 2.00 bits per heavy atom. The third-order valence-corrected chi connectivity index (χ3v) is 6.23. The van der Waals surface area contributed by atoms with E-state index in [1.807, 2.05) is 0 Å². The van der Waals surface area contributed by atoms with Gasteiger partial charge >= 0.3 is 5.97 Å². The highest BCUT2D eigenvalue weighted by molar-refractivity contribution is 9.13. The van der Waals surface area contributed by atoms with Gasteiger partial charge in [0.1, 0.15) is 5.54 Å². The summed E-state index contributed by atoms with van der Waals surface area (Å²) in [6.45, 7) is 0.675. The molecule has 0 radical (unpaired) electrons. The van der Waals surface area contributed by atoms with Crippen LogP contribution in [0.2, 0.25) is 0 Å². The fraction of sp³-hybridized carbons (Fsp3) is 0.455. The topological polar surface area (TPSA) is 75.6 Å². The number of carbonyl (C=O) groups is 2. The van der Waals surface area contributed by atoms with Gasteiger partial charge in [-0.2, -0.15) is 0 Å². The lowest BCUT2D eigenvalue weighted by molar-refractivity contribution is -0.148. The highest BCUT2D eigenvalue weighted by atomic mass is 79.9. The molecular formula is C11H11Br2NO4S. The third kappa shape index (κ3) is 3.18. The Hall–Kier alpha value is -0.440. The van der Waals surface area contributed by atoms with E-state index < -0.39 is 11.5 Å². The van der Waals surface area contributed by atoms with Gasteiger partial charge in [0.15, 0.2) is 0 Å². The second kappa shape index (κ2) is 5.90. The molecule has 5 nitrogen and oxygen atoms in total. The summed E-state index contributed by atoms with van der Waals surface area (Å²) in [5.41, 5.74) is -1.22. The standard InChI is InChI=1S/C11H11Br2NO4S/c12-6-5-7(19-8(6)13)9(15)14-11(10(16)17)1-3-18-4-2-11/h5H,1-4H2,(H,14,15)(H,16,17). The number of nitrogens with one attached hydrogen (secondary N) is 1. The van der Waals surface area contributed by atoms with Crippen molar-refractivity contribution in [2.24, 2.45) is 0 Å². The van der Waals surface area contributed by atoms with E-state index in [1.54, 1.807) is 6.07 Å². The van der Waals surface area contributed by atoms with E-state index in [-0.39, 0.29) is 18.7 Å². The molecule has 1 saturated heterocycles. The molecule has 1 aromatic rings. The number of rotatable bonds is 3. The first kappa shape index (κ1) is 15.0. The molecule has 2 rings (SSSR count). The van der Waals surface area contributed by atoms with E-state index in [9.17, 15) is 14.7 Å². The van der Waals surface area contributed by atoms with Crippen LogP contribution in [0.5, 0.6) is 0 Å². The van der Waals surface area contributed by atoms with E-state index in [2.05, 4.69) is 37.2 Å². The fourth-order valence-corrected chi connectivity index (χ4v) is 3.78. The van der Waals surface area contributed by atoms with Crippen molar-refractivity contribution >= 4 is 55.1 Å². The predicted molar refractivity (Wildman–Crippen MR) is 77.6 cm³/mol. The van der Waals surface area contributed by atoms with Crippen LogP contribution < -0.4 is 5.32 Å². The molecular weight excluding hydrogens is 402 g/mol. The molecule has 104 valence electrons. The molecule has 8 heteroatoms. The molecule has 0 unspecified atom stereocenters. The van der Waals surface area contributed by atoms with Crippen LogP contribution in [0.4, 0.5) is 0 Å². The minimum Gasteiger partial charge on any atom is -0.480 e. The third-order valence-electron chi connectivity index (χ3n) is 2.98. The zero-order chi connectivity index (χ0) is 14.0. The van der Waals surface area contributed by atoms with Crippen molar-refractivity contribution in [3.05, 3.63) is 19.2 Å². The number of carboxylic acid groups (broad SMARTS) is 1. The molecule has 0 saturated carbocycles. The van der Waals surface area contributed by atoms with Crippen LogP contribution in [-0.2, 0) is 9.53 Å². The van der Waals surface area contributed by atoms with Gasteiger partial charge in [0.05, 0.1) is 8.66 Å². The van der Waals surface area contributed by atoms with Gasteiger partial charge in [-0.05, 0) is 37.9 Å². The summed E-state index contributed by atoms with van der Waals surface area (Å²) in [7, 11) is 0. The largest absolute Gasteiger partial charge is 0.480 e. The van der Waals surface area contributed by atoms with E-state index in [1.165, 1.54) is 11.3 Å². The first-order chi connectivity index (χ1) is 8.94. The maximum absolute atomic E-state index is 12.1. The number of carboxylic acids is 1. The van der Waals surface area contributed by atoms with E-state index in [4.69, 9.17) is 4.74 Å². The predicted octanol–water partition coefficient (Wildman–Crippen LogP) is 2.64. The first-order valence-corrected chi connectivity index (χ1v) is 7.93. The zero-order valence-electron chi connectivity index (χ0n) is 9.74. The van der Waals surface area contributed by atoms with Crippen LogP contribution in [0.3, 0.4) is 0 Å². The van der Waals surface area contributed by atoms with Gasteiger partial charge in [-0.25, -0.2) is 4.79 Å². The quantitative estimate of drug-likeness (QED) is 0.800. The van der Waals surface area contributed by atoms with Crippen molar-refractivity contribution in [1.29, 1.82) is 0 Å². The average molecular weight is 413 g/mol. The molecule has 19 heavy (non-hydrogen) atoms. The van der Waals surface area contributed by atoms with Crippen molar-refractivity contribution in [3.63, 3.8) is 0 Å². The number of halogens is 2. The van der Waals surface area contributed by atoms with Gasteiger partial charge in [-0.1, -0.05) is 0 Å². The van der Waals surface area contributed by atoms with Gasteiger partial charge in [-0.15, -0.1) is 11.3 Å². The SMILES string of the molecule is O=C(NC1(C(=O)O)CCOCC1)c1cc(Br)c(Br)s1. The summed E-state index contributed by atoms with van der Waals surface area (Å²) >= 11 is 7.86. The lowest BCUT2D eigenvalue weighted by Crippen LogP contribution is -2.57. The summed E-state index contributed by atoms with van der Waals surface area (Å²) in [6, 6.07) is 1.67. The van der Waals surface area contributed by atoms with Gasteiger partial charge in [0.2, 0.25) is 0 Å². The second-order valence-corrected chi connectivity index (χ2v) is 7.41. The summed E-state index contributed by atoms with van der Waals surface area (Å²) in [4.78, 5) is 24.0. The van der Waals surface area contributed by atoms with Crippen LogP contribution >= 0.6 is 43.2 Å². The Labute approximate surface area is 130 Å². The number of ether oxygens (including phenoxy) is 1. The van der Waals surface area contributed by atoms with Crippen LogP contribution in [-0.4, -0.2) is 35.7 Å². The van der Waals surface area contributed by atoms with E-state index in [0.717, 1.165) is 8.26 Å². The molecule has 0 bridgehead atoms. The summed E-state index contributed by atoms with van der Waals surface area (Å²) < 4.78 is 6.74. The van der Waals surface area contributed by atoms with Crippen molar-refractivity contribution < 1.29 is 19.4 Å². The van der Waals surface area contributed by atoms with Gasteiger partial charge < -0.3 is 15.2 Å². The molecule has 1 aromatic heterocycles. The molecule has 0 atom stereocenters.